The first-order valence-corrected chi connectivity index (χ1v) is 7.31. The summed E-state index contributed by atoms with van der Waals surface area (Å²) in [4.78, 5) is 12.0. The Kier molecular flexibility index (Phi) is 5.79. The smallest absolute Gasteiger partial charge is 0.226 e. The Morgan fingerprint density at radius 1 is 1.52 bits per heavy atom. The van der Waals surface area contributed by atoms with E-state index in [1.807, 2.05) is 25.1 Å². The largest absolute Gasteiger partial charge is 0.395 e. The van der Waals surface area contributed by atoms with Gasteiger partial charge >= 0.3 is 0 Å². The lowest BCUT2D eigenvalue weighted by atomic mass is 10.1. The maximum Gasteiger partial charge on any atom is 0.226 e. The van der Waals surface area contributed by atoms with Crippen molar-refractivity contribution in [3.05, 3.63) is 29.3 Å². The van der Waals surface area contributed by atoms with Gasteiger partial charge in [0, 0.05) is 24.3 Å². The Morgan fingerprint density at radius 2 is 2.38 bits per heavy atom. The molecule has 0 aromatic heterocycles. The molecule has 0 bridgehead atoms. The number of carbonyl (C=O) groups is 1. The van der Waals surface area contributed by atoms with Crippen molar-refractivity contribution in [2.45, 2.75) is 38.7 Å². The molecule has 2 rings (SSSR count). The Hall–Kier alpha value is -1.83. The molecule has 0 aliphatic carbocycles. The van der Waals surface area contributed by atoms with E-state index >= 15 is 0 Å². The number of aliphatic hydroxyl groups excluding tert-OH is 1. The fourth-order valence-electron chi connectivity index (χ4n) is 2.27. The van der Waals surface area contributed by atoms with Crippen LogP contribution in [0.25, 0.3) is 0 Å². The minimum Gasteiger partial charge on any atom is -0.395 e. The third-order valence-corrected chi connectivity index (χ3v) is 3.42. The van der Waals surface area contributed by atoms with E-state index in [0.717, 1.165) is 36.3 Å². The topological polar surface area (TPSA) is 58.6 Å². The lowest BCUT2D eigenvalue weighted by molar-refractivity contribution is -0.118. The molecule has 0 spiro atoms. The highest BCUT2D eigenvalue weighted by atomic mass is 16.5. The van der Waals surface area contributed by atoms with E-state index in [9.17, 15) is 4.79 Å². The Balaban J connectivity index is 1.98. The number of hydrogen-bond donors (Lipinski definition) is 2. The number of rotatable bonds is 4. The summed E-state index contributed by atoms with van der Waals surface area (Å²) in [5, 5.41) is 11.6. The summed E-state index contributed by atoms with van der Waals surface area (Å²) in [6.07, 6.45) is 2.90. The molecular formula is C17H21NO3. The molecule has 1 heterocycles. The highest BCUT2D eigenvalue weighted by molar-refractivity contribution is 5.91. The van der Waals surface area contributed by atoms with E-state index in [2.05, 4.69) is 17.2 Å². The van der Waals surface area contributed by atoms with Gasteiger partial charge in [-0.15, -0.1) is 0 Å². The van der Waals surface area contributed by atoms with Crippen LogP contribution in [0.5, 0.6) is 0 Å². The predicted molar refractivity (Wildman–Crippen MR) is 82.0 cm³/mol. The van der Waals surface area contributed by atoms with Crippen molar-refractivity contribution in [3.63, 3.8) is 0 Å². The highest BCUT2D eigenvalue weighted by Gasteiger charge is 2.19. The second kappa shape index (κ2) is 7.82. The summed E-state index contributed by atoms with van der Waals surface area (Å²) in [7, 11) is 0. The number of anilines is 1. The molecule has 1 saturated heterocycles. The van der Waals surface area contributed by atoms with E-state index in [1.165, 1.54) is 0 Å². The van der Waals surface area contributed by atoms with Gasteiger partial charge in [0.15, 0.2) is 0 Å². The lowest BCUT2D eigenvalue weighted by Crippen LogP contribution is -2.19. The van der Waals surface area contributed by atoms with Crippen LogP contribution in [0.15, 0.2) is 18.2 Å². The summed E-state index contributed by atoms with van der Waals surface area (Å²) in [6, 6.07) is 5.68. The maximum absolute atomic E-state index is 12.0. The van der Waals surface area contributed by atoms with Crippen LogP contribution in [0.4, 0.5) is 5.69 Å². The van der Waals surface area contributed by atoms with Crippen molar-refractivity contribution in [2.75, 3.05) is 18.5 Å². The van der Waals surface area contributed by atoms with Crippen LogP contribution in [-0.4, -0.2) is 30.3 Å². The van der Waals surface area contributed by atoms with E-state index in [-0.39, 0.29) is 18.6 Å². The van der Waals surface area contributed by atoms with Crippen LogP contribution in [0.1, 0.15) is 36.8 Å². The fraction of sp³-hybridized carbons (Fsp3) is 0.471. The molecule has 1 atom stereocenters. The summed E-state index contributed by atoms with van der Waals surface area (Å²) >= 11 is 0. The Labute approximate surface area is 125 Å². The van der Waals surface area contributed by atoms with E-state index in [4.69, 9.17) is 9.84 Å². The Morgan fingerprint density at radius 3 is 3.10 bits per heavy atom. The molecular weight excluding hydrogens is 266 g/mol. The fourth-order valence-corrected chi connectivity index (χ4v) is 2.27. The number of ether oxygens (including phenoxy) is 1. The normalized spacial score (nSPS) is 17.1. The first kappa shape index (κ1) is 15.6. The van der Waals surface area contributed by atoms with Gasteiger partial charge in [0.05, 0.1) is 19.1 Å². The molecule has 1 aromatic carbocycles. The van der Waals surface area contributed by atoms with Crippen LogP contribution in [0.2, 0.25) is 0 Å². The van der Waals surface area contributed by atoms with Crippen LogP contribution >= 0.6 is 0 Å². The summed E-state index contributed by atoms with van der Waals surface area (Å²) in [5.74, 6) is 5.89. The molecule has 1 fully saturated rings. The van der Waals surface area contributed by atoms with Crippen molar-refractivity contribution in [3.8, 4) is 11.8 Å². The van der Waals surface area contributed by atoms with Crippen LogP contribution < -0.4 is 5.32 Å². The molecule has 0 radical (unpaired) electrons. The second-order valence-electron chi connectivity index (χ2n) is 5.19. The monoisotopic (exact) mass is 287 g/mol. The summed E-state index contributed by atoms with van der Waals surface area (Å²) in [5.41, 5.74) is 2.67. The van der Waals surface area contributed by atoms with Gasteiger partial charge in [-0.3, -0.25) is 4.79 Å². The first-order chi connectivity index (χ1) is 10.2. The van der Waals surface area contributed by atoms with Crippen LogP contribution in [0, 0.1) is 18.8 Å². The third-order valence-electron chi connectivity index (χ3n) is 3.42. The molecule has 1 aliphatic rings. The Bertz CT molecular complexity index is 551. The van der Waals surface area contributed by atoms with E-state index < -0.39 is 0 Å². The number of hydrogen-bond acceptors (Lipinski definition) is 3. The quantitative estimate of drug-likeness (QED) is 0.835. The van der Waals surface area contributed by atoms with Crippen molar-refractivity contribution in [1.29, 1.82) is 0 Å². The molecule has 2 N–H and O–H groups in total. The van der Waals surface area contributed by atoms with Gasteiger partial charge in [0.2, 0.25) is 5.91 Å². The summed E-state index contributed by atoms with van der Waals surface area (Å²) < 4.78 is 5.46. The zero-order valence-corrected chi connectivity index (χ0v) is 12.3. The number of amides is 1. The molecule has 1 aliphatic heterocycles. The highest BCUT2D eigenvalue weighted by Crippen LogP contribution is 2.18. The zero-order valence-electron chi connectivity index (χ0n) is 12.3. The van der Waals surface area contributed by atoms with Crippen molar-refractivity contribution in [2.24, 2.45) is 0 Å². The standard InChI is InChI=1S/C17H21NO3/c1-13-7-8-15(11-14(13)5-2-3-9-19)18-17(20)12-16-6-4-10-21-16/h7-8,11,16,19H,3-4,6,9-10,12H2,1H3,(H,18,20). The third kappa shape index (κ3) is 4.89. The average molecular weight is 287 g/mol. The van der Waals surface area contributed by atoms with Crippen molar-refractivity contribution in [1.82, 2.24) is 0 Å². The molecule has 0 saturated carbocycles. The van der Waals surface area contributed by atoms with Gasteiger partial charge in [-0.05, 0) is 37.5 Å². The molecule has 4 heteroatoms. The minimum atomic E-state index is -0.0278. The van der Waals surface area contributed by atoms with Gasteiger partial charge in [-0.1, -0.05) is 17.9 Å². The predicted octanol–water partition coefficient (Wildman–Crippen LogP) is 2.24. The minimum absolute atomic E-state index is 0.0278. The number of carbonyl (C=O) groups excluding carboxylic acids is 1. The molecule has 112 valence electrons. The van der Waals surface area contributed by atoms with Gasteiger partial charge < -0.3 is 15.2 Å². The van der Waals surface area contributed by atoms with E-state index in [0.29, 0.717) is 12.8 Å². The SMILES string of the molecule is Cc1ccc(NC(=O)CC2CCCO2)cc1C#CCCO. The molecule has 21 heavy (non-hydrogen) atoms. The van der Waals surface area contributed by atoms with Crippen molar-refractivity contribution >= 4 is 11.6 Å². The van der Waals surface area contributed by atoms with Crippen LogP contribution in [-0.2, 0) is 9.53 Å². The zero-order chi connectivity index (χ0) is 15.1. The number of aliphatic hydroxyl groups is 1. The number of aryl methyl sites for hydroxylation is 1. The second-order valence-corrected chi connectivity index (χ2v) is 5.19. The van der Waals surface area contributed by atoms with Crippen LogP contribution in [0.3, 0.4) is 0 Å². The number of benzene rings is 1. The first-order valence-electron chi connectivity index (χ1n) is 7.31. The van der Waals surface area contributed by atoms with Gasteiger partial charge in [0.1, 0.15) is 0 Å². The number of nitrogens with one attached hydrogen (secondary N) is 1. The molecule has 1 unspecified atom stereocenters. The molecule has 1 amide bonds. The average Bonchev–Trinajstić information content (AvgIpc) is 2.95. The van der Waals surface area contributed by atoms with E-state index in [1.54, 1.807) is 0 Å². The summed E-state index contributed by atoms with van der Waals surface area (Å²) in [6.45, 7) is 2.79. The maximum atomic E-state index is 12.0. The molecule has 1 aromatic rings. The molecule has 4 nitrogen and oxygen atoms in total. The van der Waals surface area contributed by atoms with Gasteiger partial charge in [-0.2, -0.15) is 0 Å². The van der Waals surface area contributed by atoms with Crippen molar-refractivity contribution < 1.29 is 14.6 Å². The van der Waals surface area contributed by atoms with Gasteiger partial charge in [0.25, 0.3) is 0 Å². The van der Waals surface area contributed by atoms with Gasteiger partial charge in [-0.25, -0.2) is 0 Å². The lowest BCUT2D eigenvalue weighted by Gasteiger charge is -2.10.